The number of hydrogen-bond donors (Lipinski definition) is 0. The van der Waals surface area contributed by atoms with Crippen LogP contribution < -0.4 is 9.47 Å². The van der Waals surface area contributed by atoms with E-state index >= 15 is 0 Å². The van der Waals surface area contributed by atoms with Gasteiger partial charge in [0.05, 0.1) is 20.4 Å². The molecule has 0 unspecified atom stereocenters. The molecule has 9 heteroatoms. The molecule has 0 saturated carbocycles. The Morgan fingerprint density at radius 1 is 1.09 bits per heavy atom. The summed E-state index contributed by atoms with van der Waals surface area (Å²) < 4.78 is 15.0. The highest BCUT2D eigenvalue weighted by Crippen LogP contribution is 2.28. The summed E-state index contributed by atoms with van der Waals surface area (Å²) in [6, 6.07) is 3.65. The molecule has 112 valence electrons. The molecule has 7 nitrogen and oxygen atoms in total. The lowest BCUT2D eigenvalue weighted by atomic mass is 10.4. The van der Waals surface area contributed by atoms with Gasteiger partial charge in [-0.2, -0.15) is 0 Å². The molecule has 4 aromatic rings. The van der Waals surface area contributed by atoms with E-state index in [1.807, 2.05) is 28.9 Å². The number of aromatic nitrogens is 5. The van der Waals surface area contributed by atoms with E-state index in [1.54, 1.807) is 18.7 Å². The zero-order valence-electron chi connectivity index (χ0n) is 11.6. The fourth-order valence-corrected chi connectivity index (χ4v) is 3.45. The number of fused-ring (bicyclic) bond motifs is 2. The lowest BCUT2D eigenvalue weighted by Gasteiger charge is -2.06. The van der Waals surface area contributed by atoms with E-state index in [1.165, 1.54) is 11.3 Å². The first-order valence-corrected chi connectivity index (χ1v) is 7.92. The minimum absolute atomic E-state index is 0.648. The van der Waals surface area contributed by atoms with Crippen molar-refractivity contribution >= 4 is 37.9 Å². The van der Waals surface area contributed by atoms with Crippen LogP contribution in [0.15, 0.2) is 28.4 Å². The number of ether oxygens (including phenoxy) is 2. The highest BCUT2D eigenvalue weighted by atomic mass is 79.9. The number of halogens is 1. The summed E-state index contributed by atoms with van der Waals surface area (Å²) in [7, 11) is 3.23. The lowest BCUT2D eigenvalue weighted by Crippen LogP contribution is -1.94. The predicted octanol–water partition coefficient (Wildman–Crippen LogP) is 2.89. The third-order valence-electron chi connectivity index (χ3n) is 3.23. The normalized spacial score (nSPS) is 11.4. The molecule has 0 aliphatic rings. The predicted molar refractivity (Wildman–Crippen MR) is 85.9 cm³/mol. The van der Waals surface area contributed by atoms with Crippen LogP contribution in [0, 0.1) is 0 Å². The van der Waals surface area contributed by atoms with Crippen LogP contribution in [0.2, 0.25) is 0 Å². The van der Waals surface area contributed by atoms with Gasteiger partial charge >= 0.3 is 0 Å². The van der Waals surface area contributed by atoms with Crippen molar-refractivity contribution in [2.24, 2.45) is 0 Å². The highest BCUT2D eigenvalue weighted by Gasteiger charge is 2.14. The molecule has 0 aliphatic heterocycles. The van der Waals surface area contributed by atoms with Crippen molar-refractivity contribution < 1.29 is 9.47 Å². The smallest absolute Gasteiger partial charge is 0.213 e. The van der Waals surface area contributed by atoms with Gasteiger partial charge in [0, 0.05) is 18.3 Å². The third-order valence-corrected chi connectivity index (χ3v) is 4.59. The minimum Gasteiger partial charge on any atom is -0.496 e. The van der Waals surface area contributed by atoms with Gasteiger partial charge in [-0.3, -0.25) is 4.40 Å². The topological polar surface area (TPSA) is 66.0 Å². The first-order chi connectivity index (χ1) is 10.7. The van der Waals surface area contributed by atoms with Gasteiger partial charge in [0.1, 0.15) is 22.8 Å². The summed E-state index contributed by atoms with van der Waals surface area (Å²) in [5.41, 5.74) is 2.24. The molecule has 4 heterocycles. The molecule has 0 aliphatic carbocycles. The van der Waals surface area contributed by atoms with Crippen LogP contribution in [-0.2, 0) is 0 Å². The second kappa shape index (κ2) is 4.96. The van der Waals surface area contributed by atoms with E-state index in [2.05, 4.69) is 31.0 Å². The van der Waals surface area contributed by atoms with Crippen molar-refractivity contribution in [2.75, 3.05) is 14.2 Å². The largest absolute Gasteiger partial charge is 0.496 e. The molecule has 0 bridgehead atoms. The number of rotatable bonds is 3. The van der Waals surface area contributed by atoms with Gasteiger partial charge in [-0.15, -0.1) is 5.10 Å². The molecule has 0 N–H and O–H groups in total. The van der Waals surface area contributed by atoms with Gasteiger partial charge in [0.25, 0.3) is 0 Å². The third kappa shape index (κ3) is 2.04. The Kier molecular flexibility index (Phi) is 3.05. The zero-order valence-corrected chi connectivity index (χ0v) is 14.1. The fourth-order valence-electron chi connectivity index (χ4n) is 2.23. The van der Waals surface area contributed by atoms with Gasteiger partial charge < -0.3 is 9.47 Å². The van der Waals surface area contributed by atoms with E-state index in [0.717, 1.165) is 25.9 Å². The molecule has 4 aromatic heterocycles. The first-order valence-electron chi connectivity index (χ1n) is 6.31. The quantitative estimate of drug-likeness (QED) is 0.547. The Labute approximate surface area is 137 Å². The van der Waals surface area contributed by atoms with E-state index in [9.17, 15) is 0 Å². The van der Waals surface area contributed by atoms with Crippen molar-refractivity contribution in [3.63, 3.8) is 0 Å². The molecule has 0 fully saturated rings. The molecular formula is C13H10BrN5O2S. The Hall–Kier alpha value is -2.13. The molecule has 0 aromatic carbocycles. The Bertz CT molecular complexity index is 958. The molecule has 0 saturated heterocycles. The minimum atomic E-state index is 0.648. The van der Waals surface area contributed by atoms with E-state index in [0.29, 0.717) is 11.6 Å². The molecule has 0 atom stereocenters. The van der Waals surface area contributed by atoms with Crippen molar-refractivity contribution in [1.82, 2.24) is 24.0 Å². The van der Waals surface area contributed by atoms with Crippen LogP contribution in [-0.4, -0.2) is 38.2 Å². The molecule has 0 spiro atoms. The standard InChI is InChI=1S/C13H10BrN5O2S/c1-20-7-3-10-15-8(5-18(10)11(4-7)21-2)9-6-19-13(16-9)22-12(14)17-19/h3-6H,1-2H3. The maximum Gasteiger partial charge on any atom is 0.213 e. The summed E-state index contributed by atoms with van der Waals surface area (Å²) in [6.45, 7) is 0. The number of methoxy groups -OCH3 is 2. The second-order valence-corrected chi connectivity index (χ2v) is 6.73. The number of pyridine rings is 1. The Morgan fingerprint density at radius 3 is 2.64 bits per heavy atom. The SMILES string of the molecule is COc1cc(OC)n2cc(-c3cn4nc(Br)sc4n3)nc2c1. The van der Waals surface area contributed by atoms with Gasteiger partial charge in [-0.25, -0.2) is 14.5 Å². The maximum absolute atomic E-state index is 5.38. The summed E-state index contributed by atoms with van der Waals surface area (Å²) in [5.74, 6) is 1.34. The molecule has 0 amide bonds. The Morgan fingerprint density at radius 2 is 1.91 bits per heavy atom. The highest BCUT2D eigenvalue weighted by molar-refractivity contribution is 9.11. The molecule has 0 radical (unpaired) electrons. The molecule has 4 rings (SSSR count). The van der Waals surface area contributed by atoms with Crippen LogP contribution in [0.3, 0.4) is 0 Å². The average molecular weight is 380 g/mol. The Balaban J connectivity index is 1.89. The van der Waals surface area contributed by atoms with Crippen LogP contribution >= 0.6 is 27.3 Å². The monoisotopic (exact) mass is 379 g/mol. The fraction of sp³-hybridized carbons (Fsp3) is 0.154. The van der Waals surface area contributed by atoms with Gasteiger partial charge in [-0.05, 0) is 15.9 Å². The van der Waals surface area contributed by atoms with Gasteiger partial charge in [0.2, 0.25) is 10.8 Å². The van der Waals surface area contributed by atoms with Gasteiger partial charge in [-0.1, -0.05) is 11.3 Å². The van der Waals surface area contributed by atoms with Crippen molar-refractivity contribution in [2.45, 2.75) is 0 Å². The summed E-state index contributed by atoms with van der Waals surface area (Å²) in [6.07, 6.45) is 3.73. The van der Waals surface area contributed by atoms with Crippen molar-refractivity contribution in [3.05, 3.63) is 28.4 Å². The van der Waals surface area contributed by atoms with Gasteiger partial charge in [0.15, 0.2) is 3.92 Å². The van der Waals surface area contributed by atoms with E-state index in [-0.39, 0.29) is 0 Å². The van der Waals surface area contributed by atoms with Crippen molar-refractivity contribution in [1.29, 1.82) is 0 Å². The molecular weight excluding hydrogens is 370 g/mol. The summed E-state index contributed by atoms with van der Waals surface area (Å²) >= 11 is 4.81. The average Bonchev–Trinajstić information content (AvgIpc) is 3.17. The second-order valence-electron chi connectivity index (χ2n) is 4.50. The first kappa shape index (κ1) is 13.5. The summed E-state index contributed by atoms with van der Waals surface area (Å²) in [5, 5.41) is 4.28. The van der Waals surface area contributed by atoms with Crippen LogP contribution in [0.4, 0.5) is 0 Å². The molecule has 22 heavy (non-hydrogen) atoms. The maximum atomic E-state index is 5.38. The number of imidazole rings is 2. The van der Waals surface area contributed by atoms with Crippen LogP contribution in [0.1, 0.15) is 0 Å². The number of nitrogens with zero attached hydrogens (tertiary/aromatic N) is 5. The van der Waals surface area contributed by atoms with E-state index < -0.39 is 0 Å². The number of hydrogen-bond acceptors (Lipinski definition) is 6. The lowest BCUT2D eigenvalue weighted by molar-refractivity contribution is 0.379. The van der Waals surface area contributed by atoms with Crippen molar-refractivity contribution in [3.8, 4) is 23.0 Å². The van der Waals surface area contributed by atoms with Crippen LogP contribution in [0.5, 0.6) is 11.6 Å². The summed E-state index contributed by atoms with van der Waals surface area (Å²) in [4.78, 5) is 9.94. The van der Waals surface area contributed by atoms with Crippen LogP contribution in [0.25, 0.3) is 22.0 Å². The van der Waals surface area contributed by atoms with E-state index in [4.69, 9.17) is 9.47 Å². The zero-order chi connectivity index (χ0) is 15.3.